The molecule has 0 spiro atoms. The maximum Gasteiger partial charge on any atom is 0.251 e. The summed E-state index contributed by atoms with van der Waals surface area (Å²) in [4.78, 5) is 29.4. The van der Waals surface area contributed by atoms with Crippen LogP contribution in [0.25, 0.3) is 0 Å². The zero-order valence-corrected chi connectivity index (χ0v) is 17.4. The minimum Gasteiger partial charge on any atom is -0.368 e. The van der Waals surface area contributed by atoms with E-state index < -0.39 is 5.91 Å². The lowest BCUT2D eigenvalue weighted by Crippen LogP contribution is -2.38. The van der Waals surface area contributed by atoms with Gasteiger partial charge in [0, 0.05) is 30.7 Å². The van der Waals surface area contributed by atoms with E-state index in [1.54, 1.807) is 12.1 Å². The van der Waals surface area contributed by atoms with E-state index in [1.165, 1.54) is 0 Å². The Morgan fingerprint density at radius 3 is 2.45 bits per heavy atom. The maximum absolute atomic E-state index is 11.9. The minimum atomic E-state index is -0.581. The Labute approximate surface area is 175 Å². The zero-order valence-electron chi connectivity index (χ0n) is 16.6. The number of hydrogen-bond donors (Lipinski definition) is 3. The molecule has 29 heavy (non-hydrogen) atoms. The highest BCUT2D eigenvalue weighted by atomic mass is 35.5. The third-order valence-corrected chi connectivity index (χ3v) is 4.29. The Morgan fingerprint density at radius 1 is 1.10 bits per heavy atom. The Balaban J connectivity index is 2.01. The standard InChI is InChI=1S/C21H26ClN5O2/c1-3-24-21(27(2)14-16-5-4-6-18(22)11-16)26-12-15-7-9-17(10-8-15)20(29)25-13-19(23)28/h4-11H,3,12-14H2,1-2H3,(H2,23,28)(H,24,26)(H,25,29). The molecule has 0 aliphatic carbocycles. The quantitative estimate of drug-likeness (QED) is 0.454. The van der Waals surface area contributed by atoms with Gasteiger partial charge in [0.1, 0.15) is 0 Å². The lowest BCUT2D eigenvalue weighted by molar-refractivity contribution is -0.117. The van der Waals surface area contributed by atoms with Gasteiger partial charge in [0.15, 0.2) is 5.96 Å². The zero-order chi connectivity index (χ0) is 21.2. The molecule has 0 heterocycles. The van der Waals surface area contributed by atoms with Crippen molar-refractivity contribution in [1.29, 1.82) is 0 Å². The number of rotatable bonds is 8. The van der Waals surface area contributed by atoms with Crippen LogP contribution in [0.15, 0.2) is 53.5 Å². The van der Waals surface area contributed by atoms with E-state index in [0.717, 1.165) is 23.6 Å². The lowest BCUT2D eigenvalue weighted by atomic mass is 10.1. The monoisotopic (exact) mass is 415 g/mol. The summed E-state index contributed by atoms with van der Waals surface area (Å²) >= 11 is 6.06. The molecule has 0 aliphatic heterocycles. The number of amides is 2. The number of nitrogens with zero attached hydrogens (tertiary/aromatic N) is 2. The fraction of sp³-hybridized carbons (Fsp3) is 0.286. The van der Waals surface area contributed by atoms with Gasteiger partial charge in [0.05, 0.1) is 13.1 Å². The van der Waals surface area contributed by atoms with Crippen LogP contribution in [-0.4, -0.2) is 42.8 Å². The van der Waals surface area contributed by atoms with Gasteiger partial charge >= 0.3 is 0 Å². The smallest absolute Gasteiger partial charge is 0.251 e. The van der Waals surface area contributed by atoms with E-state index in [2.05, 4.69) is 15.6 Å². The highest BCUT2D eigenvalue weighted by Gasteiger charge is 2.08. The maximum atomic E-state index is 11.9. The molecule has 0 radical (unpaired) electrons. The summed E-state index contributed by atoms with van der Waals surface area (Å²) < 4.78 is 0. The molecule has 2 rings (SSSR count). The van der Waals surface area contributed by atoms with Crippen molar-refractivity contribution >= 4 is 29.4 Å². The molecule has 0 saturated heterocycles. The van der Waals surface area contributed by atoms with Gasteiger partial charge in [-0.1, -0.05) is 35.9 Å². The molecule has 0 unspecified atom stereocenters. The molecule has 8 heteroatoms. The first-order valence-electron chi connectivity index (χ1n) is 9.28. The number of nitrogens with two attached hydrogens (primary N) is 1. The number of guanidine groups is 1. The fourth-order valence-corrected chi connectivity index (χ4v) is 2.86. The fourth-order valence-electron chi connectivity index (χ4n) is 2.65. The molecule has 0 atom stereocenters. The predicted octanol–water partition coefficient (Wildman–Crippen LogP) is 2.15. The molecule has 0 fully saturated rings. The Hall–Kier alpha value is -3.06. The van der Waals surface area contributed by atoms with E-state index in [9.17, 15) is 9.59 Å². The second-order valence-corrected chi connectivity index (χ2v) is 6.94. The molecule has 0 aromatic heterocycles. The van der Waals surface area contributed by atoms with E-state index in [4.69, 9.17) is 17.3 Å². The van der Waals surface area contributed by atoms with Gasteiger partial charge in [-0.25, -0.2) is 4.99 Å². The normalized spacial score (nSPS) is 11.1. The summed E-state index contributed by atoms with van der Waals surface area (Å²) in [5.74, 6) is -0.147. The number of carbonyl (C=O) groups excluding carboxylic acids is 2. The molecule has 0 saturated carbocycles. The summed E-state index contributed by atoms with van der Waals surface area (Å²) in [7, 11) is 1.97. The van der Waals surface area contributed by atoms with E-state index >= 15 is 0 Å². The number of primary amides is 1. The average Bonchev–Trinajstić information content (AvgIpc) is 2.69. The minimum absolute atomic E-state index is 0.185. The largest absolute Gasteiger partial charge is 0.368 e. The summed E-state index contributed by atoms with van der Waals surface area (Å²) in [5.41, 5.74) is 7.55. The van der Waals surface area contributed by atoms with Crippen LogP contribution < -0.4 is 16.4 Å². The summed E-state index contributed by atoms with van der Waals surface area (Å²) in [6.45, 7) is 3.71. The van der Waals surface area contributed by atoms with Crippen LogP contribution in [-0.2, 0) is 17.9 Å². The van der Waals surface area contributed by atoms with Crippen molar-refractivity contribution in [2.75, 3.05) is 20.1 Å². The number of halogens is 1. The Bertz CT molecular complexity index is 868. The lowest BCUT2D eigenvalue weighted by Gasteiger charge is -2.22. The molecule has 4 N–H and O–H groups in total. The Kier molecular flexibility index (Phi) is 8.48. The molecular formula is C21H26ClN5O2. The molecule has 0 bridgehead atoms. The van der Waals surface area contributed by atoms with Gasteiger partial charge in [-0.05, 0) is 42.3 Å². The predicted molar refractivity (Wildman–Crippen MR) is 116 cm³/mol. The molecule has 2 aromatic carbocycles. The van der Waals surface area contributed by atoms with Gasteiger partial charge in [-0.3, -0.25) is 9.59 Å². The first kappa shape index (κ1) is 22.2. The highest BCUT2D eigenvalue weighted by Crippen LogP contribution is 2.12. The number of aliphatic imine (C=N–C) groups is 1. The van der Waals surface area contributed by atoms with E-state index in [-0.39, 0.29) is 12.5 Å². The Morgan fingerprint density at radius 2 is 1.83 bits per heavy atom. The van der Waals surface area contributed by atoms with Crippen LogP contribution >= 0.6 is 11.6 Å². The van der Waals surface area contributed by atoms with Crippen molar-refractivity contribution in [3.05, 3.63) is 70.2 Å². The second-order valence-electron chi connectivity index (χ2n) is 6.50. The van der Waals surface area contributed by atoms with Crippen LogP contribution in [0.4, 0.5) is 0 Å². The average molecular weight is 416 g/mol. The van der Waals surface area contributed by atoms with Gasteiger partial charge < -0.3 is 21.3 Å². The van der Waals surface area contributed by atoms with E-state index in [1.807, 2.05) is 55.3 Å². The van der Waals surface area contributed by atoms with Crippen molar-refractivity contribution in [2.24, 2.45) is 10.7 Å². The van der Waals surface area contributed by atoms with Crippen molar-refractivity contribution in [3.63, 3.8) is 0 Å². The molecule has 154 valence electrons. The third kappa shape index (κ3) is 7.46. The van der Waals surface area contributed by atoms with Crippen LogP contribution in [0.5, 0.6) is 0 Å². The number of benzene rings is 2. The van der Waals surface area contributed by atoms with Crippen LogP contribution in [0.1, 0.15) is 28.4 Å². The highest BCUT2D eigenvalue weighted by molar-refractivity contribution is 6.30. The summed E-state index contributed by atoms with van der Waals surface area (Å²) in [5, 5.41) is 6.45. The van der Waals surface area contributed by atoms with Crippen LogP contribution in [0, 0.1) is 0 Å². The van der Waals surface area contributed by atoms with Crippen molar-refractivity contribution in [3.8, 4) is 0 Å². The molecular weight excluding hydrogens is 390 g/mol. The third-order valence-electron chi connectivity index (χ3n) is 4.06. The van der Waals surface area contributed by atoms with Gasteiger partial charge in [0.25, 0.3) is 5.91 Å². The molecule has 7 nitrogen and oxygen atoms in total. The first-order chi connectivity index (χ1) is 13.9. The SMILES string of the molecule is CCNC(=NCc1ccc(C(=O)NCC(N)=O)cc1)N(C)Cc1cccc(Cl)c1. The number of nitrogens with one attached hydrogen (secondary N) is 2. The number of carbonyl (C=O) groups is 2. The number of hydrogen-bond acceptors (Lipinski definition) is 3. The molecule has 2 aromatic rings. The second kappa shape index (κ2) is 11.1. The topological polar surface area (TPSA) is 99.8 Å². The van der Waals surface area contributed by atoms with Crippen LogP contribution in [0.2, 0.25) is 5.02 Å². The summed E-state index contributed by atoms with van der Waals surface area (Å²) in [6.07, 6.45) is 0. The molecule has 2 amide bonds. The van der Waals surface area contributed by atoms with E-state index in [0.29, 0.717) is 23.7 Å². The van der Waals surface area contributed by atoms with Gasteiger partial charge in [-0.15, -0.1) is 0 Å². The van der Waals surface area contributed by atoms with Crippen LogP contribution in [0.3, 0.4) is 0 Å². The first-order valence-corrected chi connectivity index (χ1v) is 9.66. The van der Waals surface area contributed by atoms with Crippen molar-refractivity contribution < 1.29 is 9.59 Å². The van der Waals surface area contributed by atoms with Crippen molar-refractivity contribution in [2.45, 2.75) is 20.0 Å². The summed E-state index contributed by atoms with van der Waals surface area (Å²) in [6, 6.07) is 14.8. The molecule has 0 aliphatic rings. The van der Waals surface area contributed by atoms with Gasteiger partial charge in [0.2, 0.25) is 5.91 Å². The van der Waals surface area contributed by atoms with Crippen molar-refractivity contribution in [1.82, 2.24) is 15.5 Å². The van der Waals surface area contributed by atoms with Gasteiger partial charge in [-0.2, -0.15) is 0 Å².